The van der Waals surface area contributed by atoms with Gasteiger partial charge in [0.15, 0.2) is 0 Å². The number of alkyl halides is 3. The van der Waals surface area contributed by atoms with Gasteiger partial charge in [0.25, 0.3) is 0 Å². The van der Waals surface area contributed by atoms with Crippen LogP contribution in [0.2, 0.25) is 0 Å². The van der Waals surface area contributed by atoms with Crippen molar-refractivity contribution in [2.45, 2.75) is 24.6 Å². The molecule has 1 aliphatic heterocycles. The lowest BCUT2D eigenvalue weighted by Gasteiger charge is -2.33. The molecule has 0 spiro atoms. The van der Waals surface area contributed by atoms with Crippen LogP contribution in [-0.2, 0) is 16.5 Å². The fourth-order valence-electron chi connectivity index (χ4n) is 2.04. The molecule has 0 aromatic heterocycles. The zero-order valence-electron chi connectivity index (χ0n) is 9.43. The van der Waals surface area contributed by atoms with Gasteiger partial charge in [0.1, 0.15) is 0 Å². The van der Waals surface area contributed by atoms with E-state index in [1.807, 2.05) is 0 Å². The zero-order valence-corrected chi connectivity index (χ0v) is 11.0. The predicted octanol–water partition coefficient (Wildman–Crippen LogP) is 3.47. The molecular formula is C12H12BrF3O2. The highest BCUT2D eigenvalue weighted by Gasteiger charge is 2.37. The van der Waals surface area contributed by atoms with Crippen molar-refractivity contribution in [2.75, 3.05) is 13.2 Å². The van der Waals surface area contributed by atoms with E-state index in [0.29, 0.717) is 30.5 Å². The minimum Gasteiger partial charge on any atom is -0.385 e. The van der Waals surface area contributed by atoms with Crippen LogP contribution >= 0.6 is 15.9 Å². The highest BCUT2D eigenvalue weighted by molar-refractivity contribution is 9.10. The molecule has 1 N–H and O–H groups in total. The molecule has 1 aromatic carbocycles. The Bertz CT molecular complexity index is 439. The van der Waals surface area contributed by atoms with Crippen molar-refractivity contribution in [2.24, 2.45) is 0 Å². The van der Waals surface area contributed by atoms with Crippen molar-refractivity contribution in [1.29, 1.82) is 0 Å². The number of halogens is 4. The number of hydrogen-bond donors (Lipinski definition) is 1. The molecule has 2 nitrogen and oxygen atoms in total. The minimum absolute atomic E-state index is 0.278. The summed E-state index contributed by atoms with van der Waals surface area (Å²) in [5, 5.41) is 10.4. The van der Waals surface area contributed by atoms with Gasteiger partial charge in [-0.25, -0.2) is 0 Å². The van der Waals surface area contributed by atoms with Gasteiger partial charge in [0.2, 0.25) is 0 Å². The predicted molar refractivity (Wildman–Crippen MR) is 63.1 cm³/mol. The van der Waals surface area contributed by atoms with Crippen molar-refractivity contribution in [3.63, 3.8) is 0 Å². The summed E-state index contributed by atoms with van der Waals surface area (Å²) in [6.45, 7) is 0.693. The van der Waals surface area contributed by atoms with Crippen LogP contribution in [-0.4, -0.2) is 18.3 Å². The summed E-state index contributed by atoms with van der Waals surface area (Å²) >= 11 is 3.20. The third-order valence-electron chi connectivity index (χ3n) is 3.11. The summed E-state index contributed by atoms with van der Waals surface area (Å²) < 4.78 is 43.6. The Kier molecular flexibility index (Phi) is 3.71. The SMILES string of the molecule is OC1(c2cc(C(F)(F)F)ccc2Br)CCOCC1. The second kappa shape index (κ2) is 4.83. The first kappa shape index (κ1) is 13.8. The van der Waals surface area contributed by atoms with Gasteiger partial charge in [-0.1, -0.05) is 15.9 Å². The minimum atomic E-state index is -4.41. The van der Waals surface area contributed by atoms with E-state index in [1.54, 1.807) is 0 Å². The molecule has 0 saturated carbocycles. The number of aliphatic hydroxyl groups is 1. The Morgan fingerprint density at radius 2 is 1.83 bits per heavy atom. The van der Waals surface area contributed by atoms with E-state index in [9.17, 15) is 18.3 Å². The third-order valence-corrected chi connectivity index (χ3v) is 3.81. The molecule has 2 rings (SSSR count). The highest BCUT2D eigenvalue weighted by Crippen LogP contribution is 2.39. The van der Waals surface area contributed by atoms with Crippen LogP contribution in [0.3, 0.4) is 0 Å². The van der Waals surface area contributed by atoms with Gasteiger partial charge in [-0.3, -0.25) is 0 Å². The zero-order chi connectivity index (χ0) is 13.4. The van der Waals surface area contributed by atoms with E-state index in [-0.39, 0.29) is 5.56 Å². The second-order valence-corrected chi connectivity index (χ2v) is 5.19. The Labute approximate surface area is 111 Å². The van der Waals surface area contributed by atoms with Gasteiger partial charge in [-0.2, -0.15) is 13.2 Å². The largest absolute Gasteiger partial charge is 0.416 e. The molecule has 6 heteroatoms. The fourth-order valence-corrected chi connectivity index (χ4v) is 2.65. The Morgan fingerprint density at radius 1 is 1.22 bits per heavy atom. The molecule has 0 bridgehead atoms. The van der Waals surface area contributed by atoms with Gasteiger partial charge in [0.05, 0.1) is 11.2 Å². The topological polar surface area (TPSA) is 29.5 Å². The molecule has 0 amide bonds. The van der Waals surface area contributed by atoms with Gasteiger partial charge in [0, 0.05) is 30.5 Å². The first-order valence-corrected chi connectivity index (χ1v) is 6.30. The highest BCUT2D eigenvalue weighted by atomic mass is 79.9. The lowest BCUT2D eigenvalue weighted by Crippen LogP contribution is -2.34. The molecule has 1 saturated heterocycles. The second-order valence-electron chi connectivity index (χ2n) is 4.34. The van der Waals surface area contributed by atoms with E-state index in [2.05, 4.69) is 15.9 Å². The third kappa shape index (κ3) is 2.70. The maximum Gasteiger partial charge on any atom is 0.416 e. The van der Waals surface area contributed by atoms with Gasteiger partial charge >= 0.3 is 6.18 Å². The average molecular weight is 325 g/mol. The monoisotopic (exact) mass is 324 g/mol. The van der Waals surface area contributed by atoms with Crippen LogP contribution in [0.4, 0.5) is 13.2 Å². The van der Waals surface area contributed by atoms with E-state index in [1.165, 1.54) is 6.07 Å². The van der Waals surface area contributed by atoms with Gasteiger partial charge in [-0.15, -0.1) is 0 Å². The Hall–Kier alpha value is -0.590. The maximum atomic E-state index is 12.7. The standard InChI is InChI=1S/C12H12BrF3O2/c13-10-2-1-8(12(14,15)16)7-9(10)11(17)3-5-18-6-4-11/h1-2,7,17H,3-6H2. The van der Waals surface area contributed by atoms with Crippen molar-refractivity contribution >= 4 is 15.9 Å². The van der Waals surface area contributed by atoms with Crippen LogP contribution in [0.1, 0.15) is 24.0 Å². The van der Waals surface area contributed by atoms with E-state index < -0.39 is 17.3 Å². The maximum absolute atomic E-state index is 12.7. The fraction of sp³-hybridized carbons (Fsp3) is 0.500. The quantitative estimate of drug-likeness (QED) is 0.857. The Balaban J connectivity index is 2.43. The summed E-state index contributed by atoms with van der Waals surface area (Å²) in [4.78, 5) is 0. The number of ether oxygens (including phenoxy) is 1. The molecule has 18 heavy (non-hydrogen) atoms. The van der Waals surface area contributed by atoms with Crippen molar-refractivity contribution in [3.8, 4) is 0 Å². The van der Waals surface area contributed by atoms with Crippen molar-refractivity contribution in [3.05, 3.63) is 33.8 Å². The van der Waals surface area contributed by atoms with Gasteiger partial charge in [-0.05, 0) is 23.8 Å². The lowest BCUT2D eigenvalue weighted by molar-refractivity contribution is -0.137. The first-order valence-electron chi connectivity index (χ1n) is 5.50. The summed E-state index contributed by atoms with van der Waals surface area (Å²) in [7, 11) is 0. The van der Waals surface area contributed by atoms with Gasteiger partial charge < -0.3 is 9.84 Å². The summed E-state index contributed by atoms with van der Waals surface area (Å²) in [5.74, 6) is 0. The van der Waals surface area contributed by atoms with E-state index in [4.69, 9.17) is 4.74 Å². The average Bonchev–Trinajstić information content (AvgIpc) is 2.28. The summed E-state index contributed by atoms with van der Waals surface area (Å²) in [6.07, 6.45) is -3.81. The molecule has 0 unspecified atom stereocenters. The summed E-state index contributed by atoms with van der Waals surface area (Å²) in [5.41, 5.74) is -1.72. The summed E-state index contributed by atoms with van der Waals surface area (Å²) in [6, 6.07) is 3.33. The lowest BCUT2D eigenvalue weighted by atomic mass is 9.85. The molecule has 0 radical (unpaired) electrons. The van der Waals surface area contributed by atoms with E-state index >= 15 is 0 Å². The number of benzene rings is 1. The smallest absolute Gasteiger partial charge is 0.385 e. The van der Waals surface area contributed by atoms with Crippen molar-refractivity contribution in [1.82, 2.24) is 0 Å². The molecule has 0 aliphatic carbocycles. The molecule has 100 valence electrons. The Morgan fingerprint density at radius 3 is 2.39 bits per heavy atom. The number of rotatable bonds is 1. The number of hydrogen-bond acceptors (Lipinski definition) is 2. The van der Waals surface area contributed by atoms with Crippen LogP contribution < -0.4 is 0 Å². The van der Waals surface area contributed by atoms with Crippen LogP contribution in [0, 0.1) is 0 Å². The first-order chi connectivity index (χ1) is 8.33. The molecule has 1 heterocycles. The van der Waals surface area contributed by atoms with Crippen LogP contribution in [0.5, 0.6) is 0 Å². The molecule has 0 atom stereocenters. The van der Waals surface area contributed by atoms with Crippen LogP contribution in [0.25, 0.3) is 0 Å². The molecule has 1 fully saturated rings. The molecule has 1 aromatic rings. The molecular weight excluding hydrogens is 313 g/mol. The van der Waals surface area contributed by atoms with Crippen molar-refractivity contribution < 1.29 is 23.0 Å². The normalized spacial score (nSPS) is 19.8. The van der Waals surface area contributed by atoms with E-state index in [0.717, 1.165) is 12.1 Å². The van der Waals surface area contributed by atoms with Crippen LogP contribution in [0.15, 0.2) is 22.7 Å². The molecule has 1 aliphatic rings.